The maximum atomic E-state index is 4.63. The van der Waals surface area contributed by atoms with Crippen molar-refractivity contribution < 1.29 is 0 Å². The fourth-order valence-corrected chi connectivity index (χ4v) is 3.02. The average Bonchev–Trinajstić information content (AvgIpc) is 2.89. The van der Waals surface area contributed by atoms with Gasteiger partial charge in [-0.15, -0.1) is 0 Å². The van der Waals surface area contributed by atoms with Crippen molar-refractivity contribution in [1.29, 1.82) is 0 Å². The minimum Gasteiger partial charge on any atom is -0.323 e. The molecule has 0 saturated heterocycles. The van der Waals surface area contributed by atoms with Gasteiger partial charge in [0.1, 0.15) is 0 Å². The Kier molecular flexibility index (Phi) is 4.45. The second-order valence-corrected chi connectivity index (χ2v) is 6.95. The number of hydrogen-bond acceptors (Lipinski definition) is 2. The van der Waals surface area contributed by atoms with Gasteiger partial charge in [-0.1, -0.05) is 30.3 Å². The van der Waals surface area contributed by atoms with E-state index < -0.39 is 0 Å². The summed E-state index contributed by atoms with van der Waals surface area (Å²) < 4.78 is 3.35. The molecular weight excluding hydrogens is 476 g/mol. The molecular formula is C15H13I2N3. The Hall–Kier alpha value is -0.830. The van der Waals surface area contributed by atoms with Gasteiger partial charge in [0.05, 0.1) is 33.9 Å². The molecule has 0 spiro atoms. The first-order valence-electron chi connectivity index (χ1n) is 6.35. The van der Waals surface area contributed by atoms with Gasteiger partial charge in [0, 0.05) is 10.1 Å². The van der Waals surface area contributed by atoms with Crippen LogP contribution in [0.5, 0.6) is 0 Å². The number of hydrogen-bond donors (Lipinski definition) is 1. The van der Waals surface area contributed by atoms with Crippen LogP contribution in [0.2, 0.25) is 0 Å². The van der Waals surface area contributed by atoms with Crippen LogP contribution in [-0.2, 0) is 6.42 Å². The molecule has 1 heterocycles. The number of nitrogens with zero attached hydrogens (tertiary/aromatic N) is 2. The van der Waals surface area contributed by atoms with Gasteiger partial charge in [-0.05, 0) is 52.8 Å². The van der Waals surface area contributed by atoms with Gasteiger partial charge in [-0.2, -0.15) is 0 Å². The molecule has 20 heavy (non-hydrogen) atoms. The van der Waals surface area contributed by atoms with Gasteiger partial charge in [0.15, 0.2) is 0 Å². The van der Waals surface area contributed by atoms with Crippen molar-refractivity contribution in [2.75, 3.05) is 9.66 Å². The number of halogens is 2. The fourth-order valence-electron chi connectivity index (χ4n) is 2.06. The fraction of sp³-hybridized carbons (Fsp3) is 0.133. The van der Waals surface area contributed by atoms with E-state index in [-0.39, 0.29) is 0 Å². The molecule has 0 amide bonds. The van der Waals surface area contributed by atoms with E-state index in [9.17, 15) is 0 Å². The Morgan fingerprint density at radius 2 is 1.90 bits per heavy atom. The van der Waals surface area contributed by atoms with E-state index in [4.69, 9.17) is 0 Å². The normalized spacial score (nSPS) is 10.9. The van der Waals surface area contributed by atoms with Crippen LogP contribution in [0.1, 0.15) is 5.56 Å². The van der Waals surface area contributed by atoms with E-state index >= 15 is 0 Å². The van der Waals surface area contributed by atoms with Crippen molar-refractivity contribution in [2.45, 2.75) is 6.42 Å². The maximum absolute atomic E-state index is 4.63. The average molecular weight is 489 g/mol. The molecule has 2 aromatic carbocycles. The highest BCUT2D eigenvalue weighted by atomic mass is 127. The highest BCUT2D eigenvalue weighted by Crippen LogP contribution is 2.21. The largest absolute Gasteiger partial charge is 0.323 e. The molecule has 3 rings (SSSR count). The Balaban J connectivity index is 1.73. The number of anilines is 1. The van der Waals surface area contributed by atoms with Crippen LogP contribution in [0.15, 0.2) is 48.5 Å². The number of aromatic nitrogens is 2. The van der Waals surface area contributed by atoms with Crippen molar-refractivity contribution in [3.63, 3.8) is 0 Å². The van der Waals surface area contributed by atoms with Crippen molar-refractivity contribution >= 4 is 62.4 Å². The van der Waals surface area contributed by atoms with Crippen molar-refractivity contribution in [3.05, 3.63) is 57.7 Å². The van der Waals surface area contributed by atoms with Crippen molar-refractivity contribution in [3.8, 4) is 0 Å². The highest BCUT2D eigenvalue weighted by Gasteiger charge is 2.09. The van der Waals surface area contributed by atoms with Crippen LogP contribution in [0.3, 0.4) is 0 Å². The second kappa shape index (κ2) is 6.30. The number of rotatable bonds is 4. The number of nitrogens with one attached hydrogen (secondary N) is 1. The zero-order chi connectivity index (χ0) is 13.9. The Bertz CT molecular complexity index is 709. The molecule has 0 aliphatic rings. The molecule has 0 aliphatic carbocycles. The predicted octanol–water partition coefficient (Wildman–Crippen LogP) is 4.57. The molecule has 0 bridgehead atoms. The summed E-state index contributed by atoms with van der Waals surface area (Å²) in [5.41, 5.74) is 3.45. The summed E-state index contributed by atoms with van der Waals surface area (Å²) in [7, 11) is 0. The Morgan fingerprint density at radius 1 is 1.10 bits per heavy atom. The quantitative estimate of drug-likeness (QED) is 0.431. The van der Waals surface area contributed by atoms with E-state index in [1.165, 1.54) is 9.13 Å². The number of imidazole rings is 1. The van der Waals surface area contributed by atoms with Gasteiger partial charge in [-0.25, -0.2) is 4.98 Å². The van der Waals surface area contributed by atoms with Crippen LogP contribution < -0.4 is 3.11 Å². The maximum Gasteiger partial charge on any atom is 0.212 e. The molecule has 1 N–H and O–H groups in total. The lowest BCUT2D eigenvalue weighted by Gasteiger charge is -2.12. The van der Waals surface area contributed by atoms with Crippen LogP contribution in [0, 0.1) is 3.57 Å². The predicted molar refractivity (Wildman–Crippen MR) is 100 cm³/mol. The van der Waals surface area contributed by atoms with Gasteiger partial charge in [0.25, 0.3) is 0 Å². The molecule has 0 unspecified atom stereocenters. The monoisotopic (exact) mass is 489 g/mol. The zero-order valence-electron chi connectivity index (χ0n) is 10.7. The summed E-state index contributed by atoms with van der Waals surface area (Å²) in [5.74, 6) is 0.915. The molecule has 3 aromatic rings. The molecule has 5 heteroatoms. The van der Waals surface area contributed by atoms with Crippen molar-refractivity contribution in [2.24, 2.45) is 0 Å². The van der Waals surface area contributed by atoms with Crippen LogP contribution >= 0.6 is 45.5 Å². The Labute approximate surface area is 145 Å². The van der Waals surface area contributed by atoms with Crippen molar-refractivity contribution in [1.82, 2.24) is 9.97 Å². The smallest absolute Gasteiger partial charge is 0.212 e. The molecule has 3 nitrogen and oxygen atoms in total. The van der Waals surface area contributed by atoms with E-state index in [1.54, 1.807) is 0 Å². The van der Waals surface area contributed by atoms with Crippen LogP contribution in [-0.4, -0.2) is 16.5 Å². The lowest BCUT2D eigenvalue weighted by molar-refractivity contribution is 0.958. The second-order valence-electron chi connectivity index (χ2n) is 4.54. The SMILES string of the molecule is Ic1ccc2nc(N(I)CCc3ccccc3)[nH]c2c1. The summed E-state index contributed by atoms with van der Waals surface area (Å²) in [6.45, 7) is 0.932. The minimum absolute atomic E-state index is 0.915. The topological polar surface area (TPSA) is 31.9 Å². The highest BCUT2D eigenvalue weighted by molar-refractivity contribution is 14.1. The standard InChI is InChI=1S/C15H13I2N3/c16-12-6-7-13-14(10-12)19-15(18-13)20(17)9-8-11-4-2-1-3-5-11/h1-7,10H,8-9H2,(H,18,19). The minimum atomic E-state index is 0.915. The third-order valence-electron chi connectivity index (χ3n) is 3.10. The summed E-state index contributed by atoms with van der Waals surface area (Å²) in [6, 6.07) is 16.8. The summed E-state index contributed by atoms with van der Waals surface area (Å²) in [4.78, 5) is 8.00. The van der Waals surface area contributed by atoms with Crippen LogP contribution in [0.25, 0.3) is 11.0 Å². The third kappa shape index (κ3) is 3.25. The van der Waals surface area contributed by atoms with E-state index in [2.05, 4.69) is 101 Å². The van der Waals surface area contributed by atoms with Gasteiger partial charge in [0.2, 0.25) is 5.95 Å². The van der Waals surface area contributed by atoms with E-state index in [1.807, 2.05) is 6.07 Å². The molecule has 0 aliphatic heterocycles. The lowest BCUT2D eigenvalue weighted by atomic mass is 10.1. The molecule has 0 saturated carbocycles. The number of fused-ring (bicyclic) bond motifs is 1. The number of H-pyrrole nitrogens is 1. The first-order valence-corrected chi connectivity index (χ1v) is 8.39. The van der Waals surface area contributed by atoms with Crippen LogP contribution in [0.4, 0.5) is 5.95 Å². The van der Waals surface area contributed by atoms with Gasteiger partial charge >= 0.3 is 0 Å². The molecule has 0 atom stereocenters. The Morgan fingerprint density at radius 3 is 2.70 bits per heavy atom. The molecule has 0 fully saturated rings. The zero-order valence-corrected chi connectivity index (χ0v) is 15.0. The summed E-state index contributed by atoms with van der Waals surface area (Å²) >= 11 is 4.63. The summed E-state index contributed by atoms with van der Waals surface area (Å²) in [6.07, 6.45) is 1.01. The molecule has 0 radical (unpaired) electrons. The first kappa shape index (κ1) is 14.1. The summed E-state index contributed by atoms with van der Waals surface area (Å²) in [5, 5.41) is 0. The van der Waals surface area contributed by atoms with E-state index in [0.717, 1.165) is 29.9 Å². The van der Waals surface area contributed by atoms with Gasteiger partial charge < -0.3 is 4.98 Å². The van der Waals surface area contributed by atoms with E-state index in [0.29, 0.717) is 0 Å². The molecule has 1 aromatic heterocycles. The molecule has 102 valence electrons. The number of benzene rings is 2. The van der Waals surface area contributed by atoms with Gasteiger partial charge in [-0.3, -0.25) is 3.11 Å². The number of aromatic amines is 1. The third-order valence-corrected chi connectivity index (χ3v) is 4.71. The first-order chi connectivity index (χ1) is 9.72. The lowest BCUT2D eigenvalue weighted by Crippen LogP contribution is -2.14.